The fraction of sp³-hybridized carbons (Fsp3) is 0.562. The molecule has 1 aliphatic heterocycles. The lowest BCUT2D eigenvalue weighted by molar-refractivity contribution is -0.114. The maximum absolute atomic E-state index is 10.9. The van der Waals surface area contributed by atoms with Crippen LogP contribution in [-0.4, -0.2) is 50.2 Å². The van der Waals surface area contributed by atoms with E-state index >= 15 is 0 Å². The predicted molar refractivity (Wildman–Crippen MR) is 84.3 cm³/mol. The molecule has 1 aromatic carbocycles. The van der Waals surface area contributed by atoms with E-state index in [2.05, 4.69) is 15.5 Å². The number of carbonyl (C=O) groups excluding carboxylic acids is 1. The molecule has 2 rings (SSSR count). The van der Waals surface area contributed by atoms with E-state index in [1.54, 1.807) is 0 Å². The zero-order valence-electron chi connectivity index (χ0n) is 12.7. The Balaban J connectivity index is 1.58. The monoisotopic (exact) mass is 291 g/mol. The Bertz CT molecular complexity index is 428. The number of morpholine rings is 1. The molecule has 116 valence electrons. The molecule has 2 N–H and O–H groups in total. The Labute approximate surface area is 126 Å². The van der Waals surface area contributed by atoms with Gasteiger partial charge in [0.2, 0.25) is 5.91 Å². The molecule has 1 heterocycles. The van der Waals surface area contributed by atoms with Crippen molar-refractivity contribution in [1.29, 1.82) is 0 Å². The SMILES string of the molecule is CC(=O)Nc1ccc(CNCCCN2CCOCC2)cc1. The molecule has 0 bridgehead atoms. The summed E-state index contributed by atoms with van der Waals surface area (Å²) in [6.45, 7) is 8.40. The average Bonchev–Trinajstić information content (AvgIpc) is 2.49. The second-order valence-electron chi connectivity index (χ2n) is 5.36. The first kappa shape index (κ1) is 15.9. The number of anilines is 1. The molecule has 0 aromatic heterocycles. The van der Waals surface area contributed by atoms with Crippen LogP contribution in [0.3, 0.4) is 0 Å². The zero-order valence-corrected chi connectivity index (χ0v) is 12.7. The second kappa shape index (κ2) is 8.77. The third kappa shape index (κ3) is 6.25. The van der Waals surface area contributed by atoms with Crippen molar-refractivity contribution in [3.05, 3.63) is 29.8 Å². The molecule has 1 amide bonds. The summed E-state index contributed by atoms with van der Waals surface area (Å²) in [5.41, 5.74) is 2.08. The third-order valence-corrected chi connectivity index (χ3v) is 3.54. The van der Waals surface area contributed by atoms with Crippen LogP contribution in [0.5, 0.6) is 0 Å². The van der Waals surface area contributed by atoms with Crippen molar-refractivity contribution in [3.63, 3.8) is 0 Å². The van der Waals surface area contributed by atoms with Crippen LogP contribution in [0, 0.1) is 0 Å². The summed E-state index contributed by atoms with van der Waals surface area (Å²) >= 11 is 0. The van der Waals surface area contributed by atoms with E-state index in [-0.39, 0.29) is 5.91 Å². The van der Waals surface area contributed by atoms with Gasteiger partial charge >= 0.3 is 0 Å². The van der Waals surface area contributed by atoms with E-state index < -0.39 is 0 Å². The molecule has 0 atom stereocenters. The van der Waals surface area contributed by atoms with E-state index in [1.807, 2.05) is 24.3 Å². The van der Waals surface area contributed by atoms with Crippen LogP contribution < -0.4 is 10.6 Å². The van der Waals surface area contributed by atoms with Crippen LogP contribution in [0.15, 0.2) is 24.3 Å². The zero-order chi connectivity index (χ0) is 14.9. The summed E-state index contributed by atoms with van der Waals surface area (Å²) in [6, 6.07) is 7.96. The molecular weight excluding hydrogens is 266 g/mol. The van der Waals surface area contributed by atoms with Gasteiger partial charge in [-0.3, -0.25) is 9.69 Å². The van der Waals surface area contributed by atoms with Gasteiger partial charge in [-0.15, -0.1) is 0 Å². The summed E-state index contributed by atoms with van der Waals surface area (Å²) < 4.78 is 5.34. The first-order valence-corrected chi connectivity index (χ1v) is 7.61. The Morgan fingerprint density at radius 2 is 1.95 bits per heavy atom. The number of benzene rings is 1. The minimum absolute atomic E-state index is 0.0380. The lowest BCUT2D eigenvalue weighted by atomic mass is 10.2. The number of amides is 1. The lowest BCUT2D eigenvalue weighted by Gasteiger charge is -2.26. The van der Waals surface area contributed by atoms with Crippen LogP contribution in [0.2, 0.25) is 0 Å². The highest BCUT2D eigenvalue weighted by molar-refractivity contribution is 5.88. The average molecular weight is 291 g/mol. The molecule has 0 saturated carbocycles. The third-order valence-electron chi connectivity index (χ3n) is 3.54. The highest BCUT2D eigenvalue weighted by Crippen LogP contribution is 2.09. The van der Waals surface area contributed by atoms with Crippen molar-refractivity contribution in [2.24, 2.45) is 0 Å². The van der Waals surface area contributed by atoms with Crippen LogP contribution >= 0.6 is 0 Å². The Kier molecular flexibility index (Phi) is 6.66. The topological polar surface area (TPSA) is 53.6 Å². The van der Waals surface area contributed by atoms with E-state index in [1.165, 1.54) is 12.5 Å². The predicted octanol–water partition coefficient (Wildman–Crippen LogP) is 1.46. The lowest BCUT2D eigenvalue weighted by Crippen LogP contribution is -2.37. The maximum Gasteiger partial charge on any atom is 0.221 e. The smallest absolute Gasteiger partial charge is 0.221 e. The highest BCUT2D eigenvalue weighted by atomic mass is 16.5. The Morgan fingerprint density at radius 1 is 1.24 bits per heavy atom. The van der Waals surface area contributed by atoms with Crippen molar-refractivity contribution in [3.8, 4) is 0 Å². The Hall–Kier alpha value is -1.43. The van der Waals surface area contributed by atoms with Crippen LogP contribution in [0.4, 0.5) is 5.69 Å². The molecule has 1 fully saturated rings. The molecule has 1 aromatic rings. The number of ether oxygens (including phenoxy) is 1. The summed E-state index contributed by atoms with van der Waals surface area (Å²) in [5.74, 6) is -0.0380. The number of hydrogen-bond donors (Lipinski definition) is 2. The van der Waals surface area contributed by atoms with Crippen LogP contribution in [0.1, 0.15) is 18.9 Å². The van der Waals surface area contributed by atoms with Gasteiger partial charge in [-0.05, 0) is 37.2 Å². The molecule has 21 heavy (non-hydrogen) atoms. The number of hydrogen-bond acceptors (Lipinski definition) is 4. The van der Waals surface area contributed by atoms with Gasteiger partial charge in [-0.2, -0.15) is 0 Å². The van der Waals surface area contributed by atoms with Crippen LogP contribution in [-0.2, 0) is 16.1 Å². The summed E-state index contributed by atoms with van der Waals surface area (Å²) in [6.07, 6.45) is 1.16. The van der Waals surface area contributed by atoms with Crippen molar-refractivity contribution >= 4 is 11.6 Å². The van der Waals surface area contributed by atoms with Gasteiger partial charge in [0.15, 0.2) is 0 Å². The molecule has 1 aliphatic rings. The van der Waals surface area contributed by atoms with Gasteiger partial charge in [0.05, 0.1) is 13.2 Å². The molecule has 0 aliphatic carbocycles. The molecule has 0 unspecified atom stereocenters. The van der Waals surface area contributed by atoms with Crippen LogP contribution in [0.25, 0.3) is 0 Å². The molecular formula is C16H25N3O2. The van der Waals surface area contributed by atoms with E-state index in [4.69, 9.17) is 4.74 Å². The minimum atomic E-state index is -0.0380. The normalized spacial score (nSPS) is 15.9. The van der Waals surface area contributed by atoms with Gasteiger partial charge in [0, 0.05) is 32.2 Å². The molecule has 5 nitrogen and oxygen atoms in total. The van der Waals surface area contributed by atoms with Gasteiger partial charge in [-0.25, -0.2) is 0 Å². The number of nitrogens with zero attached hydrogens (tertiary/aromatic N) is 1. The fourth-order valence-electron chi connectivity index (χ4n) is 2.39. The number of nitrogens with one attached hydrogen (secondary N) is 2. The highest BCUT2D eigenvalue weighted by Gasteiger charge is 2.08. The quantitative estimate of drug-likeness (QED) is 0.747. The fourth-order valence-corrected chi connectivity index (χ4v) is 2.39. The van der Waals surface area contributed by atoms with Crippen molar-refractivity contribution < 1.29 is 9.53 Å². The summed E-state index contributed by atoms with van der Waals surface area (Å²) in [4.78, 5) is 13.4. The summed E-state index contributed by atoms with van der Waals surface area (Å²) in [7, 11) is 0. The maximum atomic E-state index is 10.9. The van der Waals surface area contributed by atoms with Gasteiger partial charge in [0.1, 0.15) is 0 Å². The minimum Gasteiger partial charge on any atom is -0.379 e. The van der Waals surface area contributed by atoms with Gasteiger partial charge in [0.25, 0.3) is 0 Å². The molecule has 5 heteroatoms. The van der Waals surface area contributed by atoms with E-state index in [0.29, 0.717) is 0 Å². The largest absolute Gasteiger partial charge is 0.379 e. The van der Waals surface area contributed by atoms with Gasteiger partial charge in [-0.1, -0.05) is 12.1 Å². The molecule has 0 spiro atoms. The van der Waals surface area contributed by atoms with E-state index in [0.717, 1.165) is 58.0 Å². The molecule has 1 saturated heterocycles. The standard InChI is InChI=1S/C16H25N3O2/c1-14(20)18-16-5-3-15(4-6-16)13-17-7-2-8-19-9-11-21-12-10-19/h3-6,17H,2,7-13H2,1H3,(H,18,20). The molecule has 0 radical (unpaired) electrons. The second-order valence-corrected chi connectivity index (χ2v) is 5.36. The van der Waals surface area contributed by atoms with Crippen molar-refractivity contribution in [2.45, 2.75) is 19.9 Å². The first-order chi connectivity index (χ1) is 10.2. The van der Waals surface area contributed by atoms with Crippen molar-refractivity contribution in [2.75, 3.05) is 44.7 Å². The van der Waals surface area contributed by atoms with E-state index in [9.17, 15) is 4.79 Å². The number of rotatable bonds is 7. The Morgan fingerprint density at radius 3 is 2.62 bits per heavy atom. The number of carbonyl (C=O) groups is 1. The van der Waals surface area contributed by atoms with Gasteiger partial charge < -0.3 is 15.4 Å². The van der Waals surface area contributed by atoms with Crippen molar-refractivity contribution in [1.82, 2.24) is 10.2 Å². The first-order valence-electron chi connectivity index (χ1n) is 7.61. The summed E-state index contributed by atoms with van der Waals surface area (Å²) in [5, 5.41) is 6.23.